The predicted molar refractivity (Wildman–Crippen MR) is 88.6 cm³/mol. The van der Waals surface area contributed by atoms with E-state index in [1.54, 1.807) is 26.0 Å². The van der Waals surface area contributed by atoms with Gasteiger partial charge in [0.1, 0.15) is 0 Å². The summed E-state index contributed by atoms with van der Waals surface area (Å²) in [6.45, 7) is 6.49. The Hall–Kier alpha value is -1.98. The lowest BCUT2D eigenvalue weighted by atomic mass is 10.1. The number of rotatable bonds is 3. The second-order valence-electron chi connectivity index (χ2n) is 6.56. The molecule has 1 saturated heterocycles. The van der Waals surface area contributed by atoms with Crippen molar-refractivity contribution in [1.82, 2.24) is 4.98 Å². The zero-order valence-corrected chi connectivity index (χ0v) is 14.0. The zero-order chi connectivity index (χ0) is 17.5. The molecule has 2 aromatic rings. The molecule has 0 spiro atoms. The van der Waals surface area contributed by atoms with Crippen molar-refractivity contribution in [3.63, 3.8) is 0 Å². The van der Waals surface area contributed by atoms with E-state index in [0.717, 1.165) is 31.1 Å². The second kappa shape index (κ2) is 6.15. The molecule has 1 aliphatic rings. The fourth-order valence-corrected chi connectivity index (χ4v) is 3.22. The smallest absolute Gasteiger partial charge is 0.417 e. The number of hydrogen-bond acceptors (Lipinski definition) is 3. The van der Waals surface area contributed by atoms with Crippen molar-refractivity contribution >= 4 is 16.6 Å². The second-order valence-corrected chi connectivity index (χ2v) is 6.56. The van der Waals surface area contributed by atoms with Crippen LogP contribution in [0.5, 0.6) is 5.88 Å². The van der Waals surface area contributed by atoms with Gasteiger partial charge >= 0.3 is 6.18 Å². The Balaban J connectivity index is 2.13. The number of benzene rings is 1. The number of nitrogens with zero attached hydrogens (tertiary/aromatic N) is 2. The van der Waals surface area contributed by atoms with Crippen LogP contribution in [-0.4, -0.2) is 23.7 Å². The maximum atomic E-state index is 13.5. The molecule has 1 unspecified atom stereocenters. The number of alkyl halides is 3. The van der Waals surface area contributed by atoms with Gasteiger partial charge in [-0.3, -0.25) is 0 Å². The lowest BCUT2D eigenvalue weighted by molar-refractivity contribution is -0.136. The number of ether oxygens (including phenoxy) is 1. The standard InChI is InChI=1S/C18H21F3N2O/c1-11(2)24-17-10-15(18(19,20)21)14-9-13(6-7-16(14)22-17)23-8-4-5-12(23)3/h6-7,9-12H,4-5,8H2,1-3H3. The van der Waals surface area contributed by atoms with Crippen molar-refractivity contribution in [3.8, 4) is 5.88 Å². The number of pyridine rings is 1. The van der Waals surface area contributed by atoms with Gasteiger partial charge in [-0.05, 0) is 51.8 Å². The monoisotopic (exact) mass is 338 g/mol. The highest BCUT2D eigenvalue weighted by Gasteiger charge is 2.34. The van der Waals surface area contributed by atoms with Crippen LogP contribution in [0.2, 0.25) is 0 Å². The summed E-state index contributed by atoms with van der Waals surface area (Å²) in [5, 5.41) is 0.121. The first kappa shape index (κ1) is 16.9. The summed E-state index contributed by atoms with van der Waals surface area (Å²) in [6, 6.07) is 6.44. The van der Waals surface area contributed by atoms with Crippen molar-refractivity contribution in [3.05, 3.63) is 29.8 Å². The summed E-state index contributed by atoms with van der Waals surface area (Å²) in [5.74, 6) is 0.00659. The summed E-state index contributed by atoms with van der Waals surface area (Å²) in [5.41, 5.74) is 0.422. The minimum Gasteiger partial charge on any atom is -0.475 e. The van der Waals surface area contributed by atoms with E-state index in [-0.39, 0.29) is 17.4 Å². The SMILES string of the molecule is CC(C)Oc1cc(C(F)(F)F)c2cc(N3CCCC3C)ccc2n1. The molecule has 0 radical (unpaired) electrons. The third kappa shape index (κ3) is 3.28. The highest BCUT2D eigenvalue weighted by Crippen LogP contribution is 2.38. The Morgan fingerprint density at radius 1 is 1.25 bits per heavy atom. The van der Waals surface area contributed by atoms with E-state index >= 15 is 0 Å². The molecule has 130 valence electrons. The third-order valence-electron chi connectivity index (χ3n) is 4.32. The first-order chi connectivity index (χ1) is 11.3. The molecule has 0 N–H and O–H groups in total. The number of hydrogen-bond donors (Lipinski definition) is 0. The van der Waals surface area contributed by atoms with E-state index in [4.69, 9.17) is 4.74 Å². The fraction of sp³-hybridized carbons (Fsp3) is 0.500. The van der Waals surface area contributed by atoms with Gasteiger partial charge in [0, 0.05) is 29.7 Å². The third-order valence-corrected chi connectivity index (χ3v) is 4.32. The maximum absolute atomic E-state index is 13.5. The number of anilines is 1. The van der Waals surface area contributed by atoms with Gasteiger partial charge in [-0.15, -0.1) is 0 Å². The van der Waals surface area contributed by atoms with Crippen LogP contribution in [0.3, 0.4) is 0 Å². The van der Waals surface area contributed by atoms with E-state index in [9.17, 15) is 13.2 Å². The van der Waals surface area contributed by atoms with Gasteiger partial charge in [-0.2, -0.15) is 13.2 Å². The lowest BCUT2D eigenvalue weighted by Crippen LogP contribution is -2.26. The molecule has 1 aliphatic heterocycles. The Morgan fingerprint density at radius 3 is 2.58 bits per heavy atom. The molecular formula is C18H21F3N2O. The highest BCUT2D eigenvalue weighted by atomic mass is 19.4. The summed E-state index contributed by atoms with van der Waals surface area (Å²) in [4.78, 5) is 6.39. The van der Waals surface area contributed by atoms with Crippen molar-refractivity contribution < 1.29 is 17.9 Å². The quantitative estimate of drug-likeness (QED) is 0.785. The van der Waals surface area contributed by atoms with Gasteiger partial charge in [0.2, 0.25) is 5.88 Å². The van der Waals surface area contributed by atoms with Crippen LogP contribution in [0, 0.1) is 0 Å². The van der Waals surface area contributed by atoms with Gasteiger partial charge in [-0.1, -0.05) is 0 Å². The molecule has 6 heteroatoms. The first-order valence-electron chi connectivity index (χ1n) is 8.21. The van der Waals surface area contributed by atoms with Gasteiger partial charge in [0.05, 0.1) is 17.2 Å². The molecule has 24 heavy (non-hydrogen) atoms. The number of aromatic nitrogens is 1. The van der Waals surface area contributed by atoms with Gasteiger partial charge in [-0.25, -0.2) is 4.98 Å². The topological polar surface area (TPSA) is 25.4 Å². The molecule has 3 rings (SSSR count). The molecular weight excluding hydrogens is 317 g/mol. The zero-order valence-electron chi connectivity index (χ0n) is 14.0. The van der Waals surface area contributed by atoms with Crippen LogP contribution in [0.1, 0.15) is 39.2 Å². The Labute approximate surface area is 139 Å². The molecule has 0 amide bonds. The van der Waals surface area contributed by atoms with E-state index in [1.807, 2.05) is 6.07 Å². The molecule has 0 saturated carbocycles. The molecule has 2 heterocycles. The van der Waals surface area contributed by atoms with E-state index in [2.05, 4.69) is 16.8 Å². The Kier molecular flexibility index (Phi) is 4.32. The summed E-state index contributed by atoms with van der Waals surface area (Å²) in [6.07, 6.45) is -2.57. The van der Waals surface area contributed by atoms with Crippen molar-refractivity contribution in [1.29, 1.82) is 0 Å². The first-order valence-corrected chi connectivity index (χ1v) is 8.21. The van der Waals surface area contributed by atoms with Crippen LogP contribution in [0.15, 0.2) is 24.3 Å². The Morgan fingerprint density at radius 2 is 2.00 bits per heavy atom. The van der Waals surface area contributed by atoms with Gasteiger partial charge < -0.3 is 9.64 Å². The van der Waals surface area contributed by atoms with E-state index in [1.165, 1.54) is 0 Å². The van der Waals surface area contributed by atoms with Crippen molar-refractivity contribution in [2.75, 3.05) is 11.4 Å². The van der Waals surface area contributed by atoms with Crippen LogP contribution < -0.4 is 9.64 Å². The van der Waals surface area contributed by atoms with Crippen LogP contribution in [0.4, 0.5) is 18.9 Å². The number of halogens is 3. The highest BCUT2D eigenvalue weighted by molar-refractivity contribution is 5.87. The van der Waals surface area contributed by atoms with Crippen molar-refractivity contribution in [2.24, 2.45) is 0 Å². The van der Waals surface area contributed by atoms with Gasteiger partial charge in [0.15, 0.2) is 0 Å². The van der Waals surface area contributed by atoms with E-state index in [0.29, 0.717) is 11.6 Å². The van der Waals surface area contributed by atoms with E-state index < -0.39 is 11.7 Å². The molecule has 3 nitrogen and oxygen atoms in total. The summed E-state index contributed by atoms with van der Waals surface area (Å²) >= 11 is 0. The lowest BCUT2D eigenvalue weighted by Gasteiger charge is -2.24. The fourth-order valence-electron chi connectivity index (χ4n) is 3.22. The average molecular weight is 338 g/mol. The van der Waals surface area contributed by atoms with Crippen molar-refractivity contribution in [2.45, 2.75) is 51.9 Å². The molecule has 0 bridgehead atoms. The predicted octanol–water partition coefficient (Wildman–Crippen LogP) is 5.03. The van der Waals surface area contributed by atoms with Crippen LogP contribution in [0.25, 0.3) is 10.9 Å². The molecule has 1 atom stereocenters. The van der Waals surface area contributed by atoms with Gasteiger partial charge in [0.25, 0.3) is 0 Å². The average Bonchev–Trinajstić information content (AvgIpc) is 2.90. The minimum atomic E-state index is -4.45. The summed E-state index contributed by atoms with van der Waals surface area (Å²) in [7, 11) is 0. The van der Waals surface area contributed by atoms with Crippen LogP contribution >= 0.6 is 0 Å². The minimum absolute atomic E-state index is 0.00659. The number of fused-ring (bicyclic) bond motifs is 1. The Bertz CT molecular complexity index is 743. The largest absolute Gasteiger partial charge is 0.475 e. The molecule has 1 fully saturated rings. The molecule has 0 aliphatic carbocycles. The molecule has 1 aromatic heterocycles. The van der Waals surface area contributed by atoms with Crippen LogP contribution in [-0.2, 0) is 6.18 Å². The summed E-state index contributed by atoms with van der Waals surface area (Å²) < 4.78 is 46.0. The molecule has 1 aromatic carbocycles. The maximum Gasteiger partial charge on any atom is 0.417 e. The normalized spacial score (nSPS) is 18.6.